The van der Waals surface area contributed by atoms with Crippen LogP contribution in [-0.4, -0.2) is 18.0 Å². The number of ether oxygens (including phenoxy) is 1. The van der Waals surface area contributed by atoms with Crippen LogP contribution < -0.4 is 10.2 Å². The van der Waals surface area contributed by atoms with Gasteiger partial charge in [0.1, 0.15) is 0 Å². The van der Waals surface area contributed by atoms with Gasteiger partial charge >= 0.3 is 128 Å². The SMILES string of the molecule is CC(C)C(C)Oc1cccc(POCc2bcccc2)n1. The fourth-order valence-electron chi connectivity index (χ4n) is 1.63. The Kier molecular flexibility index (Phi) is 6.34. The van der Waals surface area contributed by atoms with Gasteiger partial charge in [0.25, 0.3) is 0 Å². The molecule has 0 aliphatic carbocycles. The van der Waals surface area contributed by atoms with Crippen molar-refractivity contribution in [3.05, 3.63) is 47.8 Å². The number of rotatable bonds is 7. The van der Waals surface area contributed by atoms with Crippen LogP contribution in [0.4, 0.5) is 0 Å². The van der Waals surface area contributed by atoms with Gasteiger partial charge in [-0.15, -0.1) is 0 Å². The predicted octanol–water partition coefficient (Wildman–Crippen LogP) is 3.28. The molecule has 0 saturated carbocycles. The monoisotopic (exact) mass is 301 g/mol. The zero-order valence-corrected chi connectivity index (χ0v) is 13.7. The van der Waals surface area contributed by atoms with Gasteiger partial charge in [-0.2, -0.15) is 0 Å². The van der Waals surface area contributed by atoms with E-state index in [0.29, 0.717) is 18.4 Å². The molecule has 0 bridgehead atoms. The van der Waals surface area contributed by atoms with Gasteiger partial charge in [-0.25, -0.2) is 0 Å². The molecule has 0 aliphatic rings. The van der Waals surface area contributed by atoms with Crippen molar-refractivity contribution in [1.82, 2.24) is 4.98 Å². The molecule has 0 N–H and O–H groups in total. The molecule has 0 aromatic carbocycles. The quantitative estimate of drug-likeness (QED) is 0.735. The van der Waals surface area contributed by atoms with E-state index in [9.17, 15) is 0 Å². The Morgan fingerprint density at radius 2 is 2.00 bits per heavy atom. The van der Waals surface area contributed by atoms with Crippen LogP contribution in [-0.2, 0) is 11.1 Å². The molecule has 0 spiro atoms. The molecule has 0 fully saturated rings. The molecule has 110 valence electrons. The van der Waals surface area contributed by atoms with Crippen molar-refractivity contribution < 1.29 is 9.26 Å². The van der Waals surface area contributed by atoms with E-state index in [0.717, 1.165) is 5.44 Å². The van der Waals surface area contributed by atoms with Gasteiger partial charge in [-0.1, -0.05) is 0 Å². The second-order valence-electron chi connectivity index (χ2n) is 5.30. The van der Waals surface area contributed by atoms with Crippen molar-refractivity contribution in [1.29, 1.82) is 0 Å². The van der Waals surface area contributed by atoms with Crippen LogP contribution in [0.1, 0.15) is 26.2 Å². The summed E-state index contributed by atoms with van der Waals surface area (Å²) in [4.78, 5) is 4.49. The Bertz CT molecular complexity index is 551. The van der Waals surface area contributed by atoms with Crippen LogP contribution in [0.3, 0.4) is 0 Å². The average molecular weight is 301 g/mol. The number of pyridine rings is 1. The molecule has 2 rings (SSSR count). The normalized spacial score (nSPS) is 12.8. The summed E-state index contributed by atoms with van der Waals surface area (Å²) in [6.45, 7) is 9.00. The van der Waals surface area contributed by atoms with Gasteiger partial charge in [0.05, 0.1) is 0 Å². The minimum atomic E-state index is 0.154. The summed E-state index contributed by atoms with van der Waals surface area (Å²) in [5, 5.41) is 0. The second kappa shape index (κ2) is 8.26. The van der Waals surface area contributed by atoms with E-state index >= 15 is 0 Å². The van der Waals surface area contributed by atoms with Gasteiger partial charge in [0.2, 0.25) is 0 Å². The molecule has 5 heteroatoms. The third kappa shape index (κ3) is 5.57. The van der Waals surface area contributed by atoms with Crippen LogP contribution in [0.5, 0.6) is 5.88 Å². The van der Waals surface area contributed by atoms with Gasteiger partial charge in [0, 0.05) is 0 Å². The fraction of sp³-hybridized carbons (Fsp3) is 0.375. The van der Waals surface area contributed by atoms with E-state index in [4.69, 9.17) is 9.26 Å². The number of hydrogen-bond donors (Lipinski definition) is 0. The van der Waals surface area contributed by atoms with Gasteiger partial charge in [0.15, 0.2) is 0 Å². The first-order valence-electron chi connectivity index (χ1n) is 7.20. The predicted molar refractivity (Wildman–Crippen MR) is 89.7 cm³/mol. The van der Waals surface area contributed by atoms with Gasteiger partial charge < -0.3 is 0 Å². The van der Waals surface area contributed by atoms with Crippen molar-refractivity contribution >= 4 is 21.2 Å². The van der Waals surface area contributed by atoms with Crippen molar-refractivity contribution in [2.24, 2.45) is 5.92 Å². The van der Waals surface area contributed by atoms with Crippen molar-refractivity contribution in [2.75, 3.05) is 0 Å². The molecule has 0 aliphatic heterocycles. The van der Waals surface area contributed by atoms with Gasteiger partial charge in [-0.05, 0) is 0 Å². The summed E-state index contributed by atoms with van der Waals surface area (Å²) in [5.74, 6) is 3.15. The molecule has 21 heavy (non-hydrogen) atoms. The Morgan fingerprint density at radius 1 is 1.14 bits per heavy atom. The third-order valence-corrected chi connectivity index (χ3v) is 4.00. The summed E-state index contributed by atoms with van der Waals surface area (Å²) in [6, 6.07) is 11.9. The average Bonchev–Trinajstić information content (AvgIpc) is 2.48. The summed E-state index contributed by atoms with van der Waals surface area (Å²) >= 11 is 0. The van der Waals surface area contributed by atoms with Crippen LogP contribution in [0.2, 0.25) is 0 Å². The van der Waals surface area contributed by atoms with E-state index in [1.807, 2.05) is 36.3 Å². The van der Waals surface area contributed by atoms with E-state index in [2.05, 4.69) is 38.7 Å². The number of nitrogens with zero attached hydrogens (tertiary/aromatic N) is 1. The number of hydrogen-bond acceptors (Lipinski definition) is 3. The molecule has 2 aromatic rings. The minimum absolute atomic E-state index is 0.154. The maximum atomic E-state index is 5.82. The van der Waals surface area contributed by atoms with Crippen molar-refractivity contribution in [3.8, 4) is 5.88 Å². The molecule has 0 amide bonds. The Labute approximate surface area is 129 Å². The molecule has 2 unspecified atom stereocenters. The molecule has 0 saturated heterocycles. The zero-order chi connectivity index (χ0) is 15.1. The molecule has 2 heterocycles. The molecule has 2 atom stereocenters. The fourth-order valence-corrected chi connectivity index (χ4v) is 2.34. The summed E-state index contributed by atoms with van der Waals surface area (Å²) < 4.78 is 11.5. The Morgan fingerprint density at radius 3 is 2.71 bits per heavy atom. The Hall–Kier alpha value is -1.25. The van der Waals surface area contributed by atoms with Crippen LogP contribution >= 0.6 is 8.81 Å². The van der Waals surface area contributed by atoms with E-state index in [-0.39, 0.29) is 14.9 Å². The standard InChI is InChI=1S/C16H21BNO2P/c1-12(2)13(3)20-15-8-6-9-16(18-15)21-19-11-14-7-4-5-10-17-14/h4-10,12-13,21H,11H2,1-3H3. The molecule has 3 nitrogen and oxygen atoms in total. The maximum absolute atomic E-state index is 5.82. The van der Waals surface area contributed by atoms with E-state index < -0.39 is 0 Å². The van der Waals surface area contributed by atoms with Crippen molar-refractivity contribution in [3.63, 3.8) is 0 Å². The zero-order valence-electron chi connectivity index (χ0n) is 12.7. The van der Waals surface area contributed by atoms with Crippen molar-refractivity contribution in [2.45, 2.75) is 33.5 Å². The summed E-state index contributed by atoms with van der Waals surface area (Å²) in [7, 11) is 0.226. The molecular formula is C16H21BNO2P. The van der Waals surface area contributed by atoms with E-state index in [1.54, 1.807) is 0 Å². The summed E-state index contributed by atoms with van der Waals surface area (Å²) in [5.41, 5.74) is 2.09. The summed E-state index contributed by atoms with van der Waals surface area (Å²) in [6.07, 6.45) is 0.154. The molecular weight excluding hydrogens is 280 g/mol. The topological polar surface area (TPSA) is 31.4 Å². The number of aromatic nitrogens is 1. The van der Waals surface area contributed by atoms with Crippen LogP contribution in [0.25, 0.3) is 0 Å². The second-order valence-corrected chi connectivity index (χ2v) is 6.31. The van der Waals surface area contributed by atoms with Gasteiger partial charge in [-0.3, -0.25) is 0 Å². The first kappa shape index (κ1) is 16.1. The van der Waals surface area contributed by atoms with Crippen LogP contribution in [0.15, 0.2) is 42.4 Å². The first-order chi connectivity index (χ1) is 10.1. The van der Waals surface area contributed by atoms with Crippen LogP contribution in [0, 0.1) is 5.92 Å². The molecule has 0 radical (unpaired) electrons. The third-order valence-electron chi connectivity index (χ3n) is 3.23. The molecule has 2 aromatic heterocycles. The first-order valence-corrected chi connectivity index (χ1v) is 8.11. The van der Waals surface area contributed by atoms with E-state index in [1.165, 1.54) is 5.46 Å². The Balaban J connectivity index is 1.86.